The third-order valence-electron chi connectivity index (χ3n) is 2.17. The number of carboxylic acids is 1. The van der Waals surface area contributed by atoms with E-state index in [0.717, 1.165) is 0 Å². The number of halogens is 1. The molecule has 0 spiro atoms. The quantitative estimate of drug-likeness (QED) is 0.651. The minimum absolute atomic E-state index is 0.0707. The van der Waals surface area contributed by atoms with Gasteiger partial charge in [-0.3, -0.25) is 9.78 Å². The number of anilines is 2. The lowest BCUT2D eigenvalue weighted by atomic mass is 10.2. The Balaban J connectivity index is 2.39. The minimum atomic E-state index is -1.20. The summed E-state index contributed by atoms with van der Waals surface area (Å²) in [6.07, 6.45) is 0. The van der Waals surface area contributed by atoms with E-state index in [1.807, 2.05) is 10.1 Å². The Morgan fingerprint density at radius 3 is 2.74 bits per heavy atom. The molecule has 2 aromatic rings. The second-order valence-electron chi connectivity index (χ2n) is 3.48. The summed E-state index contributed by atoms with van der Waals surface area (Å²) in [5.41, 5.74) is -1.28. The van der Waals surface area contributed by atoms with Crippen LogP contribution in [0.4, 0.5) is 11.5 Å². The highest BCUT2D eigenvalue weighted by molar-refractivity contribution is 6.33. The first-order valence-electron chi connectivity index (χ1n) is 4.96. The smallest absolute Gasteiger partial charge is 0.342 e. The predicted octanol–water partition coefficient (Wildman–Crippen LogP) is 0.553. The van der Waals surface area contributed by atoms with Gasteiger partial charge < -0.3 is 10.4 Å². The molecule has 0 fully saturated rings. The summed E-state index contributed by atoms with van der Waals surface area (Å²) in [5, 5.41) is 17.1. The Morgan fingerprint density at radius 2 is 2.11 bits per heavy atom. The number of hydrogen-bond donors (Lipinski definition) is 4. The highest BCUT2D eigenvalue weighted by Crippen LogP contribution is 2.21. The highest BCUT2D eigenvalue weighted by atomic mass is 35.5. The molecule has 0 aliphatic heterocycles. The van der Waals surface area contributed by atoms with Crippen LogP contribution in [0.15, 0.2) is 27.8 Å². The van der Waals surface area contributed by atoms with Crippen LogP contribution in [0, 0.1) is 0 Å². The molecule has 0 bridgehead atoms. The van der Waals surface area contributed by atoms with E-state index < -0.39 is 17.2 Å². The number of rotatable bonds is 3. The van der Waals surface area contributed by atoms with Crippen LogP contribution in [0.3, 0.4) is 0 Å². The number of aromatic carboxylic acids is 1. The van der Waals surface area contributed by atoms with Crippen LogP contribution in [0.1, 0.15) is 10.4 Å². The number of benzene rings is 1. The molecule has 1 aromatic carbocycles. The molecule has 1 heterocycles. The molecule has 0 amide bonds. The van der Waals surface area contributed by atoms with E-state index in [0.29, 0.717) is 5.69 Å². The Morgan fingerprint density at radius 1 is 1.37 bits per heavy atom. The maximum absolute atomic E-state index is 11.4. The summed E-state index contributed by atoms with van der Waals surface area (Å²) >= 11 is 5.71. The topological polar surface area (TPSA) is 128 Å². The lowest BCUT2D eigenvalue weighted by Crippen LogP contribution is -2.25. The van der Waals surface area contributed by atoms with Gasteiger partial charge >= 0.3 is 11.7 Å². The first kappa shape index (κ1) is 12.8. The summed E-state index contributed by atoms with van der Waals surface area (Å²) in [6, 6.07) is 4.09. The molecule has 8 nitrogen and oxygen atoms in total. The first-order chi connectivity index (χ1) is 8.97. The molecule has 9 heteroatoms. The number of carboxylic acid groups (broad SMARTS) is 1. The Bertz CT molecular complexity index is 752. The number of nitrogens with one attached hydrogen (secondary N) is 3. The zero-order valence-corrected chi connectivity index (χ0v) is 9.99. The van der Waals surface area contributed by atoms with Gasteiger partial charge in [-0.05, 0) is 18.2 Å². The van der Waals surface area contributed by atoms with Crippen LogP contribution in [0.2, 0.25) is 5.02 Å². The fourth-order valence-electron chi connectivity index (χ4n) is 1.34. The normalized spacial score (nSPS) is 10.2. The zero-order chi connectivity index (χ0) is 14.0. The number of aromatic nitrogens is 3. The number of carbonyl (C=O) groups is 1. The SMILES string of the molecule is O=C(O)c1cc(Nc2n[nH]c(=O)[nH]c2=O)ccc1Cl. The Labute approximate surface area is 110 Å². The number of hydrogen-bond acceptors (Lipinski definition) is 5. The molecule has 0 radical (unpaired) electrons. The highest BCUT2D eigenvalue weighted by Gasteiger charge is 2.10. The van der Waals surface area contributed by atoms with Crippen molar-refractivity contribution in [3.63, 3.8) is 0 Å². The summed E-state index contributed by atoms with van der Waals surface area (Å²) < 4.78 is 0. The fraction of sp³-hybridized carbons (Fsp3) is 0. The van der Waals surface area contributed by atoms with Crippen molar-refractivity contribution in [2.24, 2.45) is 0 Å². The average molecular weight is 283 g/mol. The zero-order valence-electron chi connectivity index (χ0n) is 9.23. The summed E-state index contributed by atoms with van der Waals surface area (Å²) in [5.74, 6) is -1.37. The van der Waals surface area contributed by atoms with Crippen molar-refractivity contribution in [1.82, 2.24) is 15.2 Å². The van der Waals surface area contributed by atoms with Gasteiger partial charge in [0.05, 0.1) is 10.6 Å². The number of H-pyrrole nitrogens is 2. The van der Waals surface area contributed by atoms with Crippen molar-refractivity contribution >= 4 is 29.1 Å². The lowest BCUT2D eigenvalue weighted by molar-refractivity contribution is 0.0697. The second kappa shape index (κ2) is 4.94. The Kier molecular flexibility index (Phi) is 3.34. The summed E-state index contributed by atoms with van der Waals surface area (Å²) in [4.78, 5) is 35.0. The van der Waals surface area contributed by atoms with Gasteiger partial charge in [0.2, 0.25) is 5.82 Å². The molecule has 0 atom stereocenters. The largest absolute Gasteiger partial charge is 0.478 e. The van der Waals surface area contributed by atoms with Crippen LogP contribution >= 0.6 is 11.6 Å². The maximum Gasteiger partial charge on any atom is 0.342 e. The molecule has 0 unspecified atom stereocenters. The molecule has 0 aliphatic rings. The van der Waals surface area contributed by atoms with Crippen LogP contribution in [-0.2, 0) is 0 Å². The fourth-order valence-corrected chi connectivity index (χ4v) is 1.53. The van der Waals surface area contributed by atoms with Crippen molar-refractivity contribution < 1.29 is 9.90 Å². The second-order valence-corrected chi connectivity index (χ2v) is 3.89. The molecular formula is C10H7ClN4O4. The van der Waals surface area contributed by atoms with Gasteiger partial charge in [0, 0.05) is 5.69 Å². The van der Waals surface area contributed by atoms with E-state index in [-0.39, 0.29) is 16.4 Å². The lowest BCUT2D eigenvalue weighted by Gasteiger charge is -2.05. The summed E-state index contributed by atoms with van der Waals surface area (Å²) in [7, 11) is 0. The predicted molar refractivity (Wildman–Crippen MR) is 67.2 cm³/mol. The van der Waals surface area contributed by atoms with Crippen LogP contribution in [-0.4, -0.2) is 26.3 Å². The van der Waals surface area contributed by atoms with E-state index in [1.165, 1.54) is 18.2 Å². The molecule has 98 valence electrons. The third-order valence-corrected chi connectivity index (χ3v) is 2.50. The van der Waals surface area contributed by atoms with Gasteiger partial charge in [0.25, 0.3) is 5.56 Å². The Hall–Kier alpha value is -2.61. The van der Waals surface area contributed by atoms with E-state index in [1.54, 1.807) is 0 Å². The van der Waals surface area contributed by atoms with Crippen molar-refractivity contribution in [1.29, 1.82) is 0 Å². The molecule has 19 heavy (non-hydrogen) atoms. The van der Waals surface area contributed by atoms with E-state index in [9.17, 15) is 14.4 Å². The van der Waals surface area contributed by atoms with Crippen molar-refractivity contribution in [2.75, 3.05) is 5.32 Å². The van der Waals surface area contributed by atoms with Gasteiger partial charge in [0.1, 0.15) is 0 Å². The van der Waals surface area contributed by atoms with Crippen molar-refractivity contribution in [3.05, 3.63) is 49.6 Å². The molecule has 2 rings (SSSR count). The third kappa shape index (κ3) is 2.80. The van der Waals surface area contributed by atoms with Crippen molar-refractivity contribution in [3.8, 4) is 0 Å². The average Bonchev–Trinajstić information content (AvgIpc) is 2.34. The van der Waals surface area contributed by atoms with E-state index >= 15 is 0 Å². The van der Waals surface area contributed by atoms with E-state index in [2.05, 4.69) is 10.4 Å². The standard InChI is InChI=1S/C10H7ClN4O4/c11-6-2-1-4(3-5(6)9(17)18)12-7-8(16)13-10(19)15-14-7/h1-3H,(H,12,14)(H,17,18)(H2,13,15,16,19). The molecule has 0 saturated carbocycles. The van der Waals surface area contributed by atoms with Crippen molar-refractivity contribution in [2.45, 2.75) is 0 Å². The molecule has 0 aliphatic carbocycles. The van der Waals surface area contributed by atoms with Crippen LogP contribution in [0.25, 0.3) is 0 Å². The van der Waals surface area contributed by atoms with Gasteiger partial charge in [-0.2, -0.15) is 0 Å². The van der Waals surface area contributed by atoms with Crippen LogP contribution < -0.4 is 16.6 Å². The first-order valence-corrected chi connectivity index (χ1v) is 5.34. The number of aromatic amines is 2. The summed E-state index contributed by atoms with van der Waals surface area (Å²) in [6.45, 7) is 0. The molecular weight excluding hydrogens is 276 g/mol. The molecule has 0 saturated heterocycles. The van der Waals surface area contributed by atoms with E-state index in [4.69, 9.17) is 16.7 Å². The molecule has 4 N–H and O–H groups in total. The number of nitrogens with zero attached hydrogens (tertiary/aromatic N) is 1. The molecule has 1 aromatic heterocycles. The van der Waals surface area contributed by atoms with Gasteiger partial charge in [-0.15, -0.1) is 5.10 Å². The minimum Gasteiger partial charge on any atom is -0.478 e. The maximum atomic E-state index is 11.4. The monoisotopic (exact) mass is 282 g/mol. The van der Waals surface area contributed by atoms with Gasteiger partial charge in [0.15, 0.2) is 0 Å². The van der Waals surface area contributed by atoms with Crippen LogP contribution in [0.5, 0.6) is 0 Å². The van der Waals surface area contributed by atoms with Gasteiger partial charge in [-0.1, -0.05) is 11.6 Å². The van der Waals surface area contributed by atoms with Gasteiger partial charge in [-0.25, -0.2) is 14.7 Å².